The normalized spacial score (nSPS) is 21.5. The SMILES string of the molecule is CC.CC.CCC1(C)c2cc(F)ccc2-c2c(C(C)C)nc(C(C)C)c[n+]2[C@]1(P)CC. The van der Waals surface area contributed by atoms with Crippen LogP contribution in [0.5, 0.6) is 0 Å². The summed E-state index contributed by atoms with van der Waals surface area (Å²) in [5.74, 6) is 0.483. The van der Waals surface area contributed by atoms with Crippen LogP contribution in [0.1, 0.15) is 118 Å². The minimum atomic E-state index is -0.228. The Bertz CT molecular complexity index is 878. The molecular formula is C27H45FN2P+. The van der Waals surface area contributed by atoms with Crippen LogP contribution in [0.2, 0.25) is 0 Å². The second-order valence-corrected chi connectivity index (χ2v) is 9.69. The minimum absolute atomic E-state index is 0.164. The predicted octanol–water partition coefficient (Wildman–Crippen LogP) is 8.09. The van der Waals surface area contributed by atoms with Crippen LogP contribution in [0.3, 0.4) is 0 Å². The highest BCUT2D eigenvalue weighted by Crippen LogP contribution is 2.53. The molecule has 3 rings (SSSR count). The van der Waals surface area contributed by atoms with Gasteiger partial charge in [0.1, 0.15) is 17.2 Å². The molecule has 4 heteroatoms. The van der Waals surface area contributed by atoms with Gasteiger partial charge in [0.25, 0.3) is 0 Å². The molecule has 1 aliphatic heterocycles. The maximum atomic E-state index is 14.3. The van der Waals surface area contributed by atoms with Crippen molar-refractivity contribution < 1.29 is 8.96 Å². The highest BCUT2D eigenvalue weighted by molar-refractivity contribution is 7.17. The van der Waals surface area contributed by atoms with Crippen LogP contribution in [-0.4, -0.2) is 4.98 Å². The number of nitrogens with zero attached hydrogens (tertiary/aromatic N) is 2. The molecule has 2 nitrogen and oxygen atoms in total. The fourth-order valence-electron chi connectivity index (χ4n) is 4.54. The van der Waals surface area contributed by atoms with E-state index in [0.29, 0.717) is 11.8 Å². The molecule has 0 saturated heterocycles. The monoisotopic (exact) mass is 447 g/mol. The van der Waals surface area contributed by atoms with Gasteiger partial charge in [-0.15, -0.1) is 0 Å². The van der Waals surface area contributed by atoms with Gasteiger partial charge in [-0.05, 0) is 37.1 Å². The molecule has 0 radical (unpaired) electrons. The third kappa shape index (κ3) is 4.58. The predicted molar refractivity (Wildman–Crippen MR) is 136 cm³/mol. The number of hydrogen-bond acceptors (Lipinski definition) is 1. The van der Waals surface area contributed by atoms with E-state index in [1.165, 1.54) is 0 Å². The molecule has 0 fully saturated rings. The molecule has 0 spiro atoms. The van der Waals surface area contributed by atoms with Crippen molar-refractivity contribution in [3.8, 4) is 11.3 Å². The molecule has 31 heavy (non-hydrogen) atoms. The summed E-state index contributed by atoms with van der Waals surface area (Å²) in [5.41, 5.74) is 5.40. The maximum Gasteiger partial charge on any atom is 0.235 e. The Kier molecular flexibility index (Phi) is 9.82. The zero-order valence-electron chi connectivity index (χ0n) is 21.7. The first-order valence-corrected chi connectivity index (χ1v) is 12.7. The van der Waals surface area contributed by atoms with Gasteiger partial charge in [0.2, 0.25) is 5.69 Å². The Balaban J connectivity index is 0.00000113. The second-order valence-electron chi connectivity index (χ2n) is 8.73. The van der Waals surface area contributed by atoms with Gasteiger partial charge in [-0.3, -0.25) is 0 Å². The van der Waals surface area contributed by atoms with E-state index in [-0.39, 0.29) is 16.5 Å². The average molecular weight is 448 g/mol. The van der Waals surface area contributed by atoms with E-state index < -0.39 is 0 Å². The molecule has 2 unspecified atom stereocenters. The summed E-state index contributed by atoms with van der Waals surface area (Å²) >= 11 is 0. The van der Waals surface area contributed by atoms with Gasteiger partial charge in [0.15, 0.2) is 11.5 Å². The van der Waals surface area contributed by atoms with Gasteiger partial charge >= 0.3 is 0 Å². The lowest BCUT2D eigenvalue weighted by atomic mass is 9.67. The Labute approximate surface area is 193 Å². The summed E-state index contributed by atoms with van der Waals surface area (Å²) in [4.78, 5) is 5.06. The van der Waals surface area contributed by atoms with Crippen LogP contribution < -0.4 is 4.57 Å². The second kappa shape index (κ2) is 11.0. The molecule has 0 N–H and O–H groups in total. The van der Waals surface area contributed by atoms with E-state index in [9.17, 15) is 4.39 Å². The van der Waals surface area contributed by atoms with Crippen LogP contribution in [-0.2, 0) is 10.7 Å². The number of rotatable bonds is 4. The van der Waals surface area contributed by atoms with E-state index >= 15 is 0 Å². The number of benzene rings is 1. The van der Waals surface area contributed by atoms with E-state index in [4.69, 9.17) is 4.98 Å². The lowest BCUT2D eigenvalue weighted by molar-refractivity contribution is -0.742. The average Bonchev–Trinajstić information content (AvgIpc) is 2.79. The van der Waals surface area contributed by atoms with Crippen molar-refractivity contribution in [3.63, 3.8) is 0 Å². The summed E-state index contributed by atoms with van der Waals surface area (Å²) < 4.78 is 16.7. The van der Waals surface area contributed by atoms with E-state index in [1.807, 2.05) is 33.8 Å². The highest BCUT2D eigenvalue weighted by atomic mass is 31.0. The number of hydrogen-bond donors (Lipinski definition) is 0. The van der Waals surface area contributed by atoms with Crippen molar-refractivity contribution in [2.24, 2.45) is 0 Å². The number of fused-ring (bicyclic) bond motifs is 3. The Morgan fingerprint density at radius 3 is 2.03 bits per heavy atom. The smallest absolute Gasteiger partial charge is 0.235 e. The fourth-order valence-corrected chi connectivity index (χ4v) is 5.10. The van der Waals surface area contributed by atoms with Crippen molar-refractivity contribution >= 4 is 9.24 Å². The summed E-state index contributed by atoms with van der Waals surface area (Å²) in [6.45, 7) is 23.5. The van der Waals surface area contributed by atoms with Crippen molar-refractivity contribution in [1.82, 2.24) is 4.98 Å². The highest BCUT2D eigenvalue weighted by Gasteiger charge is 2.57. The third-order valence-corrected chi connectivity index (χ3v) is 7.92. The standard InChI is InChI=1S/C23H33FN2P.2C2H6/c1-8-22(7)18-12-16(24)10-11-17(18)21-20(15(5)6)25-19(14(3)4)13-26(21)23(22,27)9-2;2*1-2/h10-15H,8-9,27H2,1-7H3;2*1-2H3/q+1;;/t22?,23-;;/m0../s1. The van der Waals surface area contributed by atoms with Gasteiger partial charge in [0, 0.05) is 18.3 Å². The molecule has 0 aliphatic carbocycles. The fraction of sp³-hybridized carbons (Fsp3) is 0.630. The summed E-state index contributed by atoms with van der Waals surface area (Å²) in [6, 6.07) is 5.28. The van der Waals surface area contributed by atoms with Crippen LogP contribution in [0, 0.1) is 5.82 Å². The van der Waals surface area contributed by atoms with Crippen molar-refractivity contribution in [2.45, 2.75) is 112 Å². The van der Waals surface area contributed by atoms with Crippen molar-refractivity contribution in [2.75, 3.05) is 0 Å². The van der Waals surface area contributed by atoms with Crippen LogP contribution >= 0.6 is 9.24 Å². The van der Waals surface area contributed by atoms with E-state index in [0.717, 1.165) is 41.1 Å². The van der Waals surface area contributed by atoms with E-state index in [2.05, 4.69) is 68.5 Å². The molecule has 1 aliphatic rings. The van der Waals surface area contributed by atoms with Gasteiger partial charge in [-0.25, -0.2) is 9.37 Å². The third-order valence-electron chi connectivity index (χ3n) is 6.60. The number of halogens is 1. The van der Waals surface area contributed by atoms with Crippen molar-refractivity contribution in [3.05, 3.63) is 47.2 Å². The lowest BCUT2D eigenvalue weighted by Crippen LogP contribution is -2.66. The molecule has 2 heterocycles. The lowest BCUT2D eigenvalue weighted by Gasteiger charge is -2.46. The molecule has 3 atom stereocenters. The van der Waals surface area contributed by atoms with Crippen LogP contribution in [0.15, 0.2) is 24.4 Å². The van der Waals surface area contributed by atoms with Gasteiger partial charge in [-0.2, -0.15) is 4.57 Å². The summed E-state index contributed by atoms with van der Waals surface area (Å²) in [5, 5.41) is -0.228. The van der Waals surface area contributed by atoms with Gasteiger partial charge in [-0.1, -0.05) is 78.5 Å². The Morgan fingerprint density at radius 1 is 1.00 bits per heavy atom. The molecule has 1 aromatic carbocycles. The Hall–Kier alpha value is -1.34. The molecular weight excluding hydrogens is 402 g/mol. The van der Waals surface area contributed by atoms with Gasteiger partial charge < -0.3 is 0 Å². The topological polar surface area (TPSA) is 16.8 Å². The molecule has 0 saturated carbocycles. The minimum Gasteiger partial charge on any atom is -0.244 e. The zero-order chi connectivity index (χ0) is 24.1. The molecule has 1 aromatic heterocycles. The van der Waals surface area contributed by atoms with Gasteiger partial charge in [0.05, 0.1) is 11.0 Å². The first-order chi connectivity index (χ1) is 14.6. The quantitative estimate of drug-likeness (QED) is 0.342. The Morgan fingerprint density at radius 2 is 1.58 bits per heavy atom. The molecule has 0 bridgehead atoms. The zero-order valence-corrected chi connectivity index (χ0v) is 22.9. The van der Waals surface area contributed by atoms with E-state index in [1.54, 1.807) is 12.1 Å². The first kappa shape index (κ1) is 27.7. The van der Waals surface area contributed by atoms with Crippen LogP contribution in [0.25, 0.3) is 11.3 Å². The molecule has 174 valence electrons. The summed E-state index contributed by atoms with van der Waals surface area (Å²) in [6.07, 6.45) is 4.11. The first-order valence-electron chi connectivity index (χ1n) is 12.2. The number of aromatic nitrogens is 2. The molecule has 2 aromatic rings. The molecule has 0 amide bonds. The van der Waals surface area contributed by atoms with Crippen molar-refractivity contribution in [1.29, 1.82) is 0 Å². The summed E-state index contributed by atoms with van der Waals surface area (Å²) in [7, 11) is 3.14. The largest absolute Gasteiger partial charge is 0.244 e. The maximum absolute atomic E-state index is 14.3. The van der Waals surface area contributed by atoms with Crippen LogP contribution in [0.4, 0.5) is 4.39 Å².